The van der Waals surface area contributed by atoms with Gasteiger partial charge < -0.3 is 14.8 Å². The number of fused-ring (bicyclic) bond motifs is 1. The Morgan fingerprint density at radius 3 is 2.71 bits per heavy atom. The van der Waals surface area contributed by atoms with E-state index in [0.29, 0.717) is 28.8 Å². The van der Waals surface area contributed by atoms with Crippen molar-refractivity contribution in [2.75, 3.05) is 11.1 Å². The van der Waals surface area contributed by atoms with Gasteiger partial charge in [0.05, 0.1) is 17.4 Å². The predicted molar refractivity (Wildman–Crippen MR) is 150 cm³/mol. The van der Waals surface area contributed by atoms with E-state index in [1.165, 1.54) is 11.8 Å². The van der Waals surface area contributed by atoms with Crippen molar-refractivity contribution in [1.82, 2.24) is 14.8 Å². The SMILES string of the molecule is C=CCn1c(COc2ccc3ccccc3c2C)nnc1SCC(=O)Nc1cccc(C(=O)OC(C)C)c1. The molecule has 0 fully saturated rings. The number of hydrogen-bond acceptors (Lipinski definition) is 7. The lowest BCUT2D eigenvalue weighted by atomic mass is 10.0. The van der Waals surface area contributed by atoms with E-state index in [4.69, 9.17) is 9.47 Å². The van der Waals surface area contributed by atoms with Crippen molar-refractivity contribution < 1.29 is 19.1 Å². The van der Waals surface area contributed by atoms with Gasteiger partial charge in [0, 0.05) is 12.2 Å². The number of thioether (sulfide) groups is 1. The first-order valence-corrected chi connectivity index (χ1v) is 13.2. The number of aromatic nitrogens is 3. The summed E-state index contributed by atoms with van der Waals surface area (Å²) < 4.78 is 13.2. The molecule has 3 aromatic carbocycles. The van der Waals surface area contributed by atoms with Crippen molar-refractivity contribution in [3.8, 4) is 5.75 Å². The van der Waals surface area contributed by atoms with Gasteiger partial charge in [0.2, 0.25) is 5.91 Å². The zero-order valence-corrected chi connectivity index (χ0v) is 22.5. The second-order valence-corrected chi connectivity index (χ2v) is 9.81. The van der Waals surface area contributed by atoms with E-state index in [1.54, 1.807) is 44.2 Å². The Morgan fingerprint density at radius 1 is 1.11 bits per heavy atom. The summed E-state index contributed by atoms with van der Waals surface area (Å²) in [6.07, 6.45) is 1.52. The van der Waals surface area contributed by atoms with Crippen LogP contribution in [-0.2, 0) is 22.7 Å². The van der Waals surface area contributed by atoms with Crippen molar-refractivity contribution in [3.05, 3.63) is 90.3 Å². The summed E-state index contributed by atoms with van der Waals surface area (Å²) in [7, 11) is 0. The average Bonchev–Trinajstić information content (AvgIpc) is 3.28. The molecular weight excluding hydrogens is 500 g/mol. The van der Waals surface area contributed by atoms with Gasteiger partial charge in [0.25, 0.3) is 0 Å². The standard InChI is InChI=1S/C29H30N4O4S/c1-5-15-33-26(17-36-25-14-13-21-9-6-7-12-24(21)20(25)4)31-32-29(33)38-18-27(34)30-23-11-8-10-22(16-23)28(35)37-19(2)3/h5-14,16,19H,1,15,17-18H2,2-4H3,(H,30,34). The molecule has 0 radical (unpaired) electrons. The molecule has 0 unspecified atom stereocenters. The molecule has 1 amide bonds. The third-order valence-electron chi connectivity index (χ3n) is 5.67. The minimum Gasteiger partial charge on any atom is -0.485 e. The Bertz CT molecular complexity index is 1460. The Hall–Kier alpha value is -4.11. The van der Waals surface area contributed by atoms with Crippen LogP contribution < -0.4 is 10.1 Å². The van der Waals surface area contributed by atoms with Crippen LogP contribution in [-0.4, -0.2) is 38.5 Å². The van der Waals surface area contributed by atoms with E-state index in [-0.39, 0.29) is 24.4 Å². The number of rotatable bonds is 11. The van der Waals surface area contributed by atoms with Gasteiger partial charge in [0.15, 0.2) is 11.0 Å². The summed E-state index contributed by atoms with van der Waals surface area (Å²) >= 11 is 1.26. The van der Waals surface area contributed by atoms with E-state index in [1.807, 2.05) is 35.8 Å². The maximum atomic E-state index is 12.6. The first-order chi connectivity index (χ1) is 18.4. The highest BCUT2D eigenvalue weighted by Gasteiger charge is 2.16. The minimum atomic E-state index is -0.434. The number of nitrogens with one attached hydrogen (secondary N) is 1. The third kappa shape index (κ3) is 6.60. The summed E-state index contributed by atoms with van der Waals surface area (Å²) in [6.45, 7) is 10.1. The van der Waals surface area contributed by atoms with Crippen LogP contribution in [0.1, 0.15) is 35.6 Å². The smallest absolute Gasteiger partial charge is 0.338 e. The first kappa shape index (κ1) is 26.9. The molecule has 0 saturated heterocycles. The number of benzene rings is 3. The monoisotopic (exact) mass is 530 g/mol. The lowest BCUT2D eigenvalue weighted by molar-refractivity contribution is -0.113. The summed E-state index contributed by atoms with van der Waals surface area (Å²) in [4.78, 5) is 24.8. The van der Waals surface area contributed by atoms with Crippen molar-refractivity contribution in [1.29, 1.82) is 0 Å². The fourth-order valence-corrected chi connectivity index (χ4v) is 4.65. The molecule has 0 aliphatic rings. The number of amides is 1. The molecule has 1 aromatic heterocycles. The Morgan fingerprint density at radius 2 is 1.92 bits per heavy atom. The molecule has 4 aromatic rings. The Labute approximate surface area is 226 Å². The third-order valence-corrected chi connectivity index (χ3v) is 6.63. The number of nitrogens with zero attached hydrogens (tertiary/aromatic N) is 3. The molecule has 0 aliphatic heterocycles. The van der Waals surface area contributed by atoms with E-state index < -0.39 is 5.97 Å². The number of hydrogen-bond donors (Lipinski definition) is 1. The molecule has 196 valence electrons. The number of carbonyl (C=O) groups is 2. The summed E-state index contributed by atoms with van der Waals surface area (Å²) in [5.41, 5.74) is 1.95. The minimum absolute atomic E-state index is 0.112. The van der Waals surface area contributed by atoms with Crippen LogP contribution in [0.5, 0.6) is 5.75 Å². The zero-order valence-electron chi connectivity index (χ0n) is 21.6. The van der Waals surface area contributed by atoms with Crippen molar-refractivity contribution in [2.24, 2.45) is 0 Å². The highest BCUT2D eigenvalue weighted by Crippen LogP contribution is 2.28. The number of esters is 1. The topological polar surface area (TPSA) is 95.3 Å². The molecule has 0 saturated carbocycles. The van der Waals surface area contributed by atoms with Gasteiger partial charge in [-0.05, 0) is 61.4 Å². The molecule has 4 rings (SSSR count). The van der Waals surface area contributed by atoms with Crippen LogP contribution in [0.3, 0.4) is 0 Å². The fourth-order valence-electron chi connectivity index (χ4n) is 3.88. The molecule has 1 N–H and O–H groups in total. The quantitative estimate of drug-likeness (QED) is 0.149. The van der Waals surface area contributed by atoms with Crippen molar-refractivity contribution >= 4 is 40.1 Å². The molecule has 0 atom stereocenters. The molecule has 0 spiro atoms. The predicted octanol–water partition coefficient (Wildman–Crippen LogP) is 5.80. The van der Waals surface area contributed by atoms with Crippen LogP contribution in [0.4, 0.5) is 5.69 Å². The number of aryl methyl sites for hydroxylation is 1. The van der Waals surface area contributed by atoms with Crippen molar-refractivity contribution in [3.63, 3.8) is 0 Å². The maximum absolute atomic E-state index is 12.6. The molecule has 38 heavy (non-hydrogen) atoms. The van der Waals surface area contributed by atoms with E-state index >= 15 is 0 Å². The van der Waals surface area contributed by atoms with Crippen LogP contribution in [0.15, 0.2) is 78.5 Å². The van der Waals surface area contributed by atoms with E-state index in [9.17, 15) is 9.59 Å². The van der Waals surface area contributed by atoms with Crippen LogP contribution in [0, 0.1) is 6.92 Å². The van der Waals surface area contributed by atoms with Crippen LogP contribution in [0.2, 0.25) is 0 Å². The molecule has 0 aliphatic carbocycles. The number of carbonyl (C=O) groups excluding carboxylic acids is 2. The van der Waals surface area contributed by atoms with Crippen molar-refractivity contribution in [2.45, 2.75) is 45.2 Å². The first-order valence-electron chi connectivity index (χ1n) is 12.2. The average molecular weight is 531 g/mol. The zero-order chi connectivity index (χ0) is 27.1. The summed E-state index contributed by atoms with van der Waals surface area (Å²) in [5, 5.41) is 14.3. The fraction of sp³-hybridized carbons (Fsp3) is 0.241. The lowest BCUT2D eigenvalue weighted by Crippen LogP contribution is -2.16. The van der Waals surface area contributed by atoms with Gasteiger partial charge in [-0.3, -0.25) is 9.36 Å². The van der Waals surface area contributed by atoms with Gasteiger partial charge in [-0.15, -0.1) is 16.8 Å². The van der Waals surface area contributed by atoms with Gasteiger partial charge in [-0.25, -0.2) is 4.79 Å². The Kier molecular flexibility index (Phi) is 8.81. The van der Waals surface area contributed by atoms with Gasteiger partial charge in [-0.2, -0.15) is 0 Å². The molecule has 8 nitrogen and oxygen atoms in total. The maximum Gasteiger partial charge on any atom is 0.338 e. The van der Waals surface area contributed by atoms with E-state index in [2.05, 4.69) is 34.2 Å². The number of allylic oxidation sites excluding steroid dienone is 1. The Balaban J connectivity index is 1.39. The molecular formula is C29H30N4O4S. The molecule has 9 heteroatoms. The van der Waals surface area contributed by atoms with E-state index in [0.717, 1.165) is 22.1 Å². The number of ether oxygens (including phenoxy) is 2. The van der Waals surface area contributed by atoms with Gasteiger partial charge in [0.1, 0.15) is 12.4 Å². The summed E-state index contributed by atoms with van der Waals surface area (Å²) in [5.74, 6) is 0.862. The lowest BCUT2D eigenvalue weighted by Gasteiger charge is -2.12. The highest BCUT2D eigenvalue weighted by atomic mass is 32.2. The molecule has 0 bridgehead atoms. The highest BCUT2D eigenvalue weighted by molar-refractivity contribution is 7.99. The largest absolute Gasteiger partial charge is 0.485 e. The second kappa shape index (κ2) is 12.4. The number of anilines is 1. The second-order valence-electron chi connectivity index (χ2n) is 8.87. The van der Waals surface area contributed by atoms with Gasteiger partial charge in [-0.1, -0.05) is 54.2 Å². The van der Waals surface area contributed by atoms with Crippen LogP contribution >= 0.6 is 11.8 Å². The molecule has 1 heterocycles. The normalized spacial score (nSPS) is 10.9. The summed E-state index contributed by atoms with van der Waals surface area (Å²) in [6, 6.07) is 18.8. The van der Waals surface area contributed by atoms with Crippen LogP contribution in [0.25, 0.3) is 10.8 Å². The van der Waals surface area contributed by atoms with Gasteiger partial charge >= 0.3 is 5.97 Å².